The number of hydrogen-bond donors (Lipinski definition) is 1. The highest BCUT2D eigenvalue weighted by atomic mass is 32.2. The average Bonchev–Trinajstić information content (AvgIpc) is 1.83. The van der Waals surface area contributed by atoms with Crippen molar-refractivity contribution >= 4 is 16.1 Å². The lowest BCUT2D eigenvalue weighted by Crippen LogP contribution is -2.39. The van der Waals surface area contributed by atoms with E-state index in [1.807, 2.05) is 0 Å². The number of carbonyl (C=O) groups is 1. The Morgan fingerprint density at radius 1 is 1.64 bits per heavy atom. The highest BCUT2D eigenvalue weighted by Gasteiger charge is 2.47. The minimum atomic E-state index is -5.05. The van der Waals surface area contributed by atoms with Crippen molar-refractivity contribution in [2.24, 2.45) is 0 Å². The van der Waals surface area contributed by atoms with Crippen molar-refractivity contribution in [1.29, 1.82) is 0 Å². The zero-order valence-corrected chi connectivity index (χ0v) is 6.68. The summed E-state index contributed by atoms with van der Waals surface area (Å²) >= 11 is 0. The summed E-state index contributed by atoms with van der Waals surface area (Å²) in [4.78, 5) is 10.3. The van der Waals surface area contributed by atoms with E-state index >= 15 is 0 Å². The summed E-state index contributed by atoms with van der Waals surface area (Å²) in [7, 11) is -4.24. The molecule has 0 aliphatic rings. The predicted octanol–water partition coefficient (Wildman–Crippen LogP) is -0.267. The van der Waals surface area contributed by atoms with Crippen molar-refractivity contribution in [2.45, 2.75) is 11.9 Å². The van der Waals surface area contributed by atoms with Gasteiger partial charge < -0.3 is 4.74 Å². The second kappa shape index (κ2) is 2.74. The minimum absolute atomic E-state index is 0.397. The Bertz CT molecular complexity index is 254. The first-order valence-corrected chi connectivity index (χ1v) is 3.92. The number of methoxy groups -OCH3 is 1. The number of alkyl halides is 1. The third kappa shape index (κ3) is 1.87. The lowest BCUT2D eigenvalue weighted by molar-refractivity contribution is -0.148. The third-order valence-corrected chi connectivity index (χ3v) is 2.17. The van der Waals surface area contributed by atoms with Gasteiger partial charge in [-0.05, 0) is 6.92 Å². The molecule has 0 radical (unpaired) electrons. The SMILES string of the molecule is COC(=O)C(C)(F)S(=O)(=O)O. The predicted molar refractivity (Wildman–Crippen MR) is 33.1 cm³/mol. The lowest BCUT2D eigenvalue weighted by atomic mass is 10.4. The van der Waals surface area contributed by atoms with E-state index in [9.17, 15) is 17.6 Å². The van der Waals surface area contributed by atoms with Crippen LogP contribution in [-0.4, -0.2) is 31.1 Å². The van der Waals surface area contributed by atoms with Gasteiger partial charge in [-0.2, -0.15) is 8.42 Å². The van der Waals surface area contributed by atoms with Crippen LogP contribution in [0.2, 0.25) is 0 Å². The number of carbonyl (C=O) groups excluding carboxylic acids is 1. The van der Waals surface area contributed by atoms with Crippen LogP contribution in [0.4, 0.5) is 4.39 Å². The Morgan fingerprint density at radius 2 is 2.00 bits per heavy atom. The van der Waals surface area contributed by atoms with Crippen molar-refractivity contribution in [3.8, 4) is 0 Å². The van der Waals surface area contributed by atoms with Crippen LogP contribution >= 0.6 is 0 Å². The van der Waals surface area contributed by atoms with Gasteiger partial charge in [0.15, 0.2) is 0 Å². The normalized spacial score (nSPS) is 17.1. The molecule has 0 aliphatic heterocycles. The molecule has 0 aliphatic carbocycles. The Balaban J connectivity index is 4.90. The van der Waals surface area contributed by atoms with E-state index < -0.39 is 21.1 Å². The smallest absolute Gasteiger partial charge is 0.361 e. The van der Waals surface area contributed by atoms with E-state index in [1.54, 1.807) is 0 Å². The molecule has 0 saturated heterocycles. The van der Waals surface area contributed by atoms with Crippen LogP contribution in [0.25, 0.3) is 0 Å². The first kappa shape index (κ1) is 10.3. The summed E-state index contributed by atoms with van der Waals surface area (Å²) in [5.74, 6) is -1.65. The number of hydrogen-bond acceptors (Lipinski definition) is 4. The molecule has 0 rings (SSSR count). The van der Waals surface area contributed by atoms with Gasteiger partial charge in [-0.15, -0.1) is 0 Å². The molecule has 0 aromatic carbocycles. The monoisotopic (exact) mass is 186 g/mol. The van der Waals surface area contributed by atoms with Crippen molar-refractivity contribution in [2.75, 3.05) is 7.11 Å². The maximum absolute atomic E-state index is 12.7. The van der Waals surface area contributed by atoms with E-state index in [0.29, 0.717) is 6.92 Å². The quantitative estimate of drug-likeness (QED) is 0.474. The Morgan fingerprint density at radius 3 is 2.09 bits per heavy atom. The maximum atomic E-state index is 12.7. The van der Waals surface area contributed by atoms with E-state index in [4.69, 9.17) is 4.55 Å². The average molecular weight is 186 g/mol. The fourth-order valence-electron chi connectivity index (χ4n) is 0.288. The highest BCUT2D eigenvalue weighted by Crippen LogP contribution is 2.18. The first-order chi connectivity index (χ1) is 4.73. The second-order valence-corrected chi connectivity index (χ2v) is 3.60. The van der Waals surface area contributed by atoms with Crippen molar-refractivity contribution in [3.05, 3.63) is 0 Å². The summed E-state index contributed by atoms with van der Waals surface area (Å²) in [6.07, 6.45) is 0. The largest absolute Gasteiger partial charge is 0.466 e. The van der Waals surface area contributed by atoms with Crippen LogP contribution in [0, 0.1) is 0 Å². The molecule has 5 nitrogen and oxygen atoms in total. The molecule has 0 bridgehead atoms. The van der Waals surface area contributed by atoms with Crippen molar-refractivity contribution in [1.82, 2.24) is 0 Å². The van der Waals surface area contributed by atoms with Crippen LogP contribution in [0.5, 0.6) is 0 Å². The highest BCUT2D eigenvalue weighted by molar-refractivity contribution is 7.87. The summed E-state index contributed by atoms with van der Waals surface area (Å²) in [5.41, 5.74) is 0. The second-order valence-electron chi connectivity index (χ2n) is 1.88. The van der Waals surface area contributed by atoms with Gasteiger partial charge in [0.05, 0.1) is 7.11 Å². The van der Waals surface area contributed by atoms with E-state index in [0.717, 1.165) is 7.11 Å². The molecule has 0 aromatic heterocycles. The molecule has 11 heavy (non-hydrogen) atoms. The standard InChI is InChI=1S/C4H7FO5S/c1-4(5,3(6)10-2)11(7,8)9/h1-2H3,(H,7,8,9). The van der Waals surface area contributed by atoms with Gasteiger partial charge in [0.1, 0.15) is 0 Å². The fourth-order valence-corrected chi connectivity index (χ4v) is 0.582. The van der Waals surface area contributed by atoms with Gasteiger partial charge in [-0.3, -0.25) is 4.55 Å². The molecule has 66 valence electrons. The molecule has 0 saturated carbocycles. The van der Waals surface area contributed by atoms with Gasteiger partial charge in [-0.25, -0.2) is 9.18 Å². The lowest BCUT2D eigenvalue weighted by Gasteiger charge is -2.12. The third-order valence-electron chi connectivity index (χ3n) is 1.03. The van der Waals surface area contributed by atoms with E-state index in [1.165, 1.54) is 0 Å². The Hall–Kier alpha value is -0.690. The van der Waals surface area contributed by atoms with Gasteiger partial charge in [0, 0.05) is 0 Å². The molecule has 1 N–H and O–H groups in total. The summed E-state index contributed by atoms with van der Waals surface area (Å²) < 4.78 is 44.9. The zero-order chi connectivity index (χ0) is 9.28. The summed E-state index contributed by atoms with van der Waals surface area (Å²) in [6, 6.07) is 0. The van der Waals surface area contributed by atoms with Crippen LogP contribution in [0.3, 0.4) is 0 Å². The molecular weight excluding hydrogens is 179 g/mol. The van der Waals surface area contributed by atoms with Crippen LogP contribution in [0.15, 0.2) is 0 Å². The molecular formula is C4H7FO5S. The van der Waals surface area contributed by atoms with E-state index in [-0.39, 0.29) is 0 Å². The van der Waals surface area contributed by atoms with Crippen LogP contribution < -0.4 is 0 Å². The van der Waals surface area contributed by atoms with Gasteiger partial charge in [0.2, 0.25) is 0 Å². The minimum Gasteiger partial charge on any atom is -0.466 e. The first-order valence-electron chi connectivity index (χ1n) is 2.48. The summed E-state index contributed by atoms with van der Waals surface area (Å²) in [5, 5.41) is -3.39. The number of rotatable bonds is 2. The molecule has 0 heterocycles. The topological polar surface area (TPSA) is 80.7 Å². The molecule has 0 aromatic rings. The van der Waals surface area contributed by atoms with Gasteiger partial charge in [-0.1, -0.05) is 0 Å². The number of ether oxygens (including phenoxy) is 1. The molecule has 0 fully saturated rings. The number of esters is 1. The van der Waals surface area contributed by atoms with Crippen molar-refractivity contribution in [3.63, 3.8) is 0 Å². The maximum Gasteiger partial charge on any atom is 0.361 e. The molecule has 0 amide bonds. The number of halogens is 1. The zero-order valence-electron chi connectivity index (χ0n) is 5.87. The molecule has 7 heteroatoms. The summed E-state index contributed by atoms with van der Waals surface area (Å²) in [6.45, 7) is 0.397. The Labute approximate surface area is 62.9 Å². The molecule has 0 spiro atoms. The van der Waals surface area contributed by atoms with E-state index in [2.05, 4.69) is 4.74 Å². The van der Waals surface area contributed by atoms with Crippen molar-refractivity contribution < 1.29 is 26.9 Å². The van der Waals surface area contributed by atoms with Crippen LogP contribution in [0.1, 0.15) is 6.92 Å². The van der Waals surface area contributed by atoms with Crippen LogP contribution in [-0.2, 0) is 19.6 Å². The van der Waals surface area contributed by atoms with Gasteiger partial charge in [0.25, 0.3) is 0 Å². The molecule has 1 atom stereocenters. The fraction of sp³-hybridized carbons (Fsp3) is 0.750. The van der Waals surface area contributed by atoms with Gasteiger partial charge >= 0.3 is 21.1 Å². The molecule has 1 unspecified atom stereocenters. The Kier molecular flexibility index (Phi) is 2.57.